The zero-order chi connectivity index (χ0) is 11.5. The van der Waals surface area contributed by atoms with Crippen LogP contribution in [0.4, 0.5) is 0 Å². The Morgan fingerprint density at radius 1 is 1.31 bits per heavy atom. The molecule has 2 aromatic rings. The molecule has 5 heteroatoms. The van der Waals surface area contributed by atoms with Gasteiger partial charge < -0.3 is 0 Å². The minimum Gasteiger partial charge on any atom is -0.295 e. The monoisotopic (exact) mass is 346 g/mol. The van der Waals surface area contributed by atoms with Crippen LogP contribution in [-0.4, -0.2) is 9.55 Å². The van der Waals surface area contributed by atoms with E-state index in [1.54, 1.807) is 0 Å². The van der Waals surface area contributed by atoms with Crippen LogP contribution in [0.2, 0.25) is 5.15 Å². The highest BCUT2D eigenvalue weighted by molar-refractivity contribution is 14.1. The largest absolute Gasteiger partial charge is 0.295 e. The third-order valence-corrected chi connectivity index (χ3v) is 3.04. The van der Waals surface area contributed by atoms with Gasteiger partial charge in [0.15, 0.2) is 0 Å². The molecule has 82 valence electrons. The van der Waals surface area contributed by atoms with Gasteiger partial charge in [-0.25, -0.2) is 4.98 Å². The first kappa shape index (κ1) is 11.6. The Kier molecular flexibility index (Phi) is 3.60. The zero-order valence-corrected chi connectivity index (χ0v) is 11.1. The van der Waals surface area contributed by atoms with Crippen molar-refractivity contribution in [1.29, 1.82) is 0 Å². The molecular formula is C11H8ClIN2O. The summed E-state index contributed by atoms with van der Waals surface area (Å²) in [6, 6.07) is 9.30. The third-order valence-electron chi connectivity index (χ3n) is 2.11. The number of hydrogen-bond donors (Lipinski definition) is 0. The third kappa shape index (κ3) is 2.82. The van der Waals surface area contributed by atoms with E-state index in [2.05, 4.69) is 27.6 Å². The van der Waals surface area contributed by atoms with Gasteiger partial charge in [-0.3, -0.25) is 9.36 Å². The van der Waals surface area contributed by atoms with E-state index < -0.39 is 0 Å². The van der Waals surface area contributed by atoms with Gasteiger partial charge in [-0.1, -0.05) is 23.7 Å². The number of hydrogen-bond acceptors (Lipinski definition) is 2. The molecule has 0 spiro atoms. The van der Waals surface area contributed by atoms with Gasteiger partial charge >= 0.3 is 0 Å². The highest BCUT2D eigenvalue weighted by Crippen LogP contribution is 2.07. The Hall–Kier alpha value is -0.880. The van der Waals surface area contributed by atoms with Crippen molar-refractivity contribution in [2.24, 2.45) is 0 Å². The number of halogens is 2. The molecule has 0 aliphatic carbocycles. The molecule has 1 aromatic heterocycles. The summed E-state index contributed by atoms with van der Waals surface area (Å²) >= 11 is 7.86. The summed E-state index contributed by atoms with van der Waals surface area (Å²) in [7, 11) is 0. The fourth-order valence-corrected chi connectivity index (χ4v) is 1.81. The van der Waals surface area contributed by atoms with Crippen molar-refractivity contribution < 1.29 is 0 Å². The second-order valence-corrected chi connectivity index (χ2v) is 4.94. The normalized spacial score (nSPS) is 10.4. The molecule has 0 saturated carbocycles. The number of aromatic nitrogens is 2. The van der Waals surface area contributed by atoms with Gasteiger partial charge in [0.1, 0.15) is 5.15 Å². The zero-order valence-electron chi connectivity index (χ0n) is 8.23. The highest BCUT2D eigenvalue weighted by atomic mass is 127. The lowest BCUT2D eigenvalue weighted by Crippen LogP contribution is -2.19. The maximum absolute atomic E-state index is 11.5. The minimum absolute atomic E-state index is 0.140. The van der Waals surface area contributed by atoms with E-state index in [1.165, 1.54) is 20.5 Å². The van der Waals surface area contributed by atoms with Crippen LogP contribution in [-0.2, 0) is 6.54 Å². The SMILES string of the molecule is O=c1cc(Cl)ncn1Cc1ccc(I)cc1. The molecule has 0 saturated heterocycles. The van der Waals surface area contributed by atoms with Crippen LogP contribution in [0, 0.1) is 3.57 Å². The molecule has 0 aliphatic heterocycles. The smallest absolute Gasteiger partial charge is 0.255 e. The predicted molar refractivity (Wildman–Crippen MR) is 71.8 cm³/mol. The standard InChI is InChI=1S/C11H8ClIN2O/c12-10-5-11(16)15(7-14-10)6-8-1-3-9(13)4-2-8/h1-5,7H,6H2. The van der Waals surface area contributed by atoms with Crippen molar-refractivity contribution in [2.75, 3.05) is 0 Å². The quantitative estimate of drug-likeness (QED) is 0.619. The van der Waals surface area contributed by atoms with Crippen LogP contribution in [0.25, 0.3) is 0 Å². The van der Waals surface area contributed by atoms with Crippen LogP contribution in [0.3, 0.4) is 0 Å². The van der Waals surface area contributed by atoms with E-state index in [4.69, 9.17) is 11.6 Å². The van der Waals surface area contributed by atoms with Crippen LogP contribution in [0.1, 0.15) is 5.56 Å². The number of nitrogens with zero attached hydrogens (tertiary/aromatic N) is 2. The van der Waals surface area contributed by atoms with Crippen LogP contribution in [0.15, 0.2) is 41.5 Å². The lowest BCUT2D eigenvalue weighted by atomic mass is 10.2. The van der Waals surface area contributed by atoms with Crippen molar-refractivity contribution >= 4 is 34.2 Å². The molecule has 0 unspecified atom stereocenters. The predicted octanol–water partition coefficient (Wildman–Crippen LogP) is 2.55. The van der Waals surface area contributed by atoms with Crippen molar-refractivity contribution in [3.63, 3.8) is 0 Å². The molecule has 0 radical (unpaired) electrons. The van der Waals surface area contributed by atoms with Gasteiger partial charge in [-0.2, -0.15) is 0 Å². The minimum atomic E-state index is -0.140. The summed E-state index contributed by atoms with van der Waals surface area (Å²) in [6.45, 7) is 0.514. The molecule has 3 nitrogen and oxygen atoms in total. The van der Waals surface area contributed by atoms with E-state index in [0.29, 0.717) is 6.54 Å². The Morgan fingerprint density at radius 3 is 2.62 bits per heavy atom. The number of rotatable bonds is 2. The van der Waals surface area contributed by atoms with Gasteiger partial charge in [0, 0.05) is 9.64 Å². The average molecular weight is 347 g/mol. The first-order valence-electron chi connectivity index (χ1n) is 4.61. The lowest BCUT2D eigenvalue weighted by molar-refractivity contribution is 0.736. The molecule has 16 heavy (non-hydrogen) atoms. The van der Waals surface area contributed by atoms with Crippen molar-refractivity contribution in [3.05, 3.63) is 61.3 Å². The second-order valence-electron chi connectivity index (χ2n) is 3.30. The molecule has 1 aromatic carbocycles. The Bertz CT molecular complexity index is 551. The van der Waals surface area contributed by atoms with Gasteiger partial charge in [0.05, 0.1) is 12.9 Å². The van der Waals surface area contributed by atoms with Gasteiger partial charge in [0.2, 0.25) is 0 Å². The Morgan fingerprint density at radius 2 is 2.00 bits per heavy atom. The van der Waals surface area contributed by atoms with Crippen molar-refractivity contribution in [2.45, 2.75) is 6.54 Å². The van der Waals surface area contributed by atoms with Crippen LogP contribution >= 0.6 is 34.2 Å². The van der Waals surface area contributed by atoms with Gasteiger partial charge in [0.25, 0.3) is 5.56 Å². The van der Waals surface area contributed by atoms with E-state index in [1.807, 2.05) is 24.3 Å². The van der Waals surface area contributed by atoms with Crippen molar-refractivity contribution in [1.82, 2.24) is 9.55 Å². The molecule has 1 heterocycles. The molecule has 0 fully saturated rings. The summed E-state index contributed by atoms with van der Waals surface area (Å²) in [4.78, 5) is 15.4. The van der Waals surface area contributed by atoms with Crippen LogP contribution in [0.5, 0.6) is 0 Å². The summed E-state index contributed by atoms with van der Waals surface area (Å²) < 4.78 is 2.69. The molecule has 0 amide bonds. The van der Waals surface area contributed by atoms with Crippen molar-refractivity contribution in [3.8, 4) is 0 Å². The first-order chi connectivity index (χ1) is 7.65. The van der Waals surface area contributed by atoms with E-state index in [9.17, 15) is 4.79 Å². The summed E-state index contributed by atoms with van der Waals surface area (Å²) in [5.41, 5.74) is 0.921. The summed E-state index contributed by atoms with van der Waals surface area (Å²) in [5, 5.41) is 0.226. The topological polar surface area (TPSA) is 34.9 Å². The van der Waals surface area contributed by atoms with Gasteiger partial charge in [-0.15, -0.1) is 0 Å². The molecule has 0 atom stereocenters. The molecule has 0 N–H and O–H groups in total. The van der Waals surface area contributed by atoms with E-state index >= 15 is 0 Å². The first-order valence-corrected chi connectivity index (χ1v) is 6.07. The molecule has 0 bridgehead atoms. The second kappa shape index (κ2) is 4.97. The maximum atomic E-state index is 11.5. The van der Waals surface area contributed by atoms with Crippen LogP contribution < -0.4 is 5.56 Å². The highest BCUT2D eigenvalue weighted by Gasteiger charge is 1.99. The van der Waals surface area contributed by atoms with E-state index in [0.717, 1.165) is 5.56 Å². The molecule has 2 rings (SSSR count). The molecular weight excluding hydrogens is 338 g/mol. The Balaban J connectivity index is 2.27. The average Bonchev–Trinajstić information content (AvgIpc) is 2.25. The number of benzene rings is 1. The fraction of sp³-hybridized carbons (Fsp3) is 0.0909. The fourth-order valence-electron chi connectivity index (χ4n) is 1.31. The maximum Gasteiger partial charge on any atom is 0.255 e. The molecule has 0 aliphatic rings. The van der Waals surface area contributed by atoms with Gasteiger partial charge in [-0.05, 0) is 40.3 Å². The summed E-state index contributed by atoms with van der Waals surface area (Å²) in [6.07, 6.45) is 1.46. The lowest BCUT2D eigenvalue weighted by Gasteiger charge is -2.04. The van der Waals surface area contributed by atoms with E-state index in [-0.39, 0.29) is 10.7 Å². The summed E-state index contributed by atoms with van der Waals surface area (Å²) in [5.74, 6) is 0. The Labute approximate surface area is 111 Å².